The summed E-state index contributed by atoms with van der Waals surface area (Å²) in [4.78, 5) is 19.0. The number of thioether (sulfide) groups is 1. The minimum atomic E-state index is -2.47. The lowest BCUT2D eigenvalue weighted by atomic mass is 10.2. The van der Waals surface area contributed by atoms with Crippen molar-refractivity contribution >= 4 is 29.2 Å². The predicted octanol–water partition coefficient (Wildman–Crippen LogP) is 4.49. The number of rotatable bonds is 7. The molecule has 2 rings (SSSR count). The third kappa shape index (κ3) is 4.92. The van der Waals surface area contributed by atoms with Crippen LogP contribution in [0.4, 0.5) is 20.3 Å². The van der Waals surface area contributed by atoms with E-state index in [4.69, 9.17) is 0 Å². The predicted molar refractivity (Wildman–Crippen MR) is 94.1 cm³/mol. The Kier molecular flexibility index (Phi) is 6.54. The molecule has 1 aromatic carbocycles. The maximum atomic E-state index is 12.3. The number of nitrogens with zero attached hydrogens (tertiary/aromatic N) is 2. The number of anilines is 2. The Morgan fingerprint density at radius 1 is 1.17 bits per heavy atom. The largest absolute Gasteiger partial charge is 0.357 e. The standard InChI is InChI=1S/C17H19F2N3OS/c1-3-22(4-2)15-10-7-13(11-20-15)21-16(23)12-5-8-14(9-6-12)24-17(18)19/h5-11,17H,3-4H2,1-2H3,(H,21,23). The van der Waals surface area contributed by atoms with Gasteiger partial charge in [0.05, 0.1) is 11.9 Å². The number of halogens is 2. The number of hydrogen-bond donors (Lipinski definition) is 1. The van der Waals surface area contributed by atoms with E-state index in [2.05, 4.69) is 29.0 Å². The highest BCUT2D eigenvalue weighted by Crippen LogP contribution is 2.25. The van der Waals surface area contributed by atoms with E-state index >= 15 is 0 Å². The number of benzene rings is 1. The first-order chi connectivity index (χ1) is 11.5. The van der Waals surface area contributed by atoms with E-state index in [0.29, 0.717) is 27.9 Å². The van der Waals surface area contributed by atoms with Crippen LogP contribution in [0.1, 0.15) is 24.2 Å². The SMILES string of the molecule is CCN(CC)c1ccc(NC(=O)c2ccc(SC(F)F)cc2)cn1. The van der Waals surface area contributed by atoms with Crippen molar-refractivity contribution < 1.29 is 13.6 Å². The molecule has 0 aliphatic carbocycles. The van der Waals surface area contributed by atoms with Gasteiger partial charge in [0.1, 0.15) is 5.82 Å². The molecule has 1 aromatic heterocycles. The quantitative estimate of drug-likeness (QED) is 0.746. The van der Waals surface area contributed by atoms with Crippen molar-refractivity contribution in [1.29, 1.82) is 0 Å². The Morgan fingerprint density at radius 2 is 1.83 bits per heavy atom. The van der Waals surface area contributed by atoms with Crippen molar-refractivity contribution in [3.05, 3.63) is 48.2 Å². The summed E-state index contributed by atoms with van der Waals surface area (Å²) < 4.78 is 24.6. The van der Waals surface area contributed by atoms with Crippen LogP contribution < -0.4 is 10.2 Å². The number of amides is 1. The Bertz CT molecular complexity index is 659. The summed E-state index contributed by atoms with van der Waals surface area (Å²) in [7, 11) is 0. The van der Waals surface area contributed by atoms with Gasteiger partial charge < -0.3 is 10.2 Å². The zero-order valence-electron chi connectivity index (χ0n) is 13.5. The lowest BCUT2D eigenvalue weighted by molar-refractivity contribution is 0.102. The molecule has 128 valence electrons. The zero-order chi connectivity index (χ0) is 17.5. The minimum absolute atomic E-state index is 0.305. The van der Waals surface area contributed by atoms with Gasteiger partial charge >= 0.3 is 0 Å². The first-order valence-electron chi connectivity index (χ1n) is 7.60. The number of carbonyl (C=O) groups excluding carboxylic acids is 1. The van der Waals surface area contributed by atoms with Gasteiger partial charge in [-0.15, -0.1) is 0 Å². The van der Waals surface area contributed by atoms with Gasteiger partial charge in [-0.05, 0) is 50.2 Å². The molecule has 24 heavy (non-hydrogen) atoms. The molecule has 0 aliphatic rings. The topological polar surface area (TPSA) is 45.2 Å². The summed E-state index contributed by atoms with van der Waals surface area (Å²) in [5, 5.41) is 2.75. The molecular weight excluding hydrogens is 332 g/mol. The van der Waals surface area contributed by atoms with Crippen molar-refractivity contribution in [1.82, 2.24) is 4.98 Å². The monoisotopic (exact) mass is 351 g/mol. The van der Waals surface area contributed by atoms with E-state index in [1.54, 1.807) is 12.3 Å². The van der Waals surface area contributed by atoms with E-state index < -0.39 is 5.76 Å². The summed E-state index contributed by atoms with van der Waals surface area (Å²) in [5.74, 6) is -1.92. The molecule has 1 amide bonds. The Morgan fingerprint density at radius 3 is 2.33 bits per heavy atom. The second-order valence-corrected chi connectivity index (χ2v) is 6.00. The average Bonchev–Trinajstić information content (AvgIpc) is 2.57. The van der Waals surface area contributed by atoms with Crippen LogP contribution in [0.15, 0.2) is 47.5 Å². The highest BCUT2D eigenvalue weighted by molar-refractivity contribution is 7.99. The van der Waals surface area contributed by atoms with Gasteiger partial charge in [-0.1, -0.05) is 11.8 Å². The average molecular weight is 351 g/mol. The fourth-order valence-electron chi connectivity index (χ4n) is 2.19. The molecule has 0 saturated heterocycles. The molecular formula is C17H19F2N3OS. The van der Waals surface area contributed by atoms with Crippen LogP contribution in [0.5, 0.6) is 0 Å². The summed E-state index contributed by atoms with van der Waals surface area (Å²) in [5.41, 5.74) is 0.989. The van der Waals surface area contributed by atoms with E-state index in [1.807, 2.05) is 6.07 Å². The van der Waals surface area contributed by atoms with Crippen molar-refractivity contribution in [3.8, 4) is 0 Å². The molecule has 7 heteroatoms. The van der Waals surface area contributed by atoms with Gasteiger partial charge in [0.2, 0.25) is 0 Å². The summed E-state index contributed by atoms with van der Waals surface area (Å²) in [6.45, 7) is 5.82. The molecule has 0 unspecified atom stereocenters. The van der Waals surface area contributed by atoms with Crippen LogP contribution in [0.2, 0.25) is 0 Å². The molecule has 2 aromatic rings. The molecule has 0 bridgehead atoms. The van der Waals surface area contributed by atoms with Crippen molar-refractivity contribution in [3.63, 3.8) is 0 Å². The fraction of sp³-hybridized carbons (Fsp3) is 0.294. The van der Waals surface area contributed by atoms with Gasteiger partial charge in [0, 0.05) is 23.5 Å². The molecule has 0 spiro atoms. The smallest absolute Gasteiger partial charge is 0.288 e. The van der Waals surface area contributed by atoms with Crippen LogP contribution in [0.25, 0.3) is 0 Å². The molecule has 0 saturated carbocycles. The van der Waals surface area contributed by atoms with Crippen molar-refractivity contribution in [2.24, 2.45) is 0 Å². The van der Waals surface area contributed by atoms with Crippen LogP contribution in [0.3, 0.4) is 0 Å². The summed E-state index contributed by atoms with van der Waals surface area (Å²) >= 11 is 0.452. The van der Waals surface area contributed by atoms with Crippen LogP contribution in [0, 0.1) is 0 Å². The molecule has 0 aliphatic heterocycles. The van der Waals surface area contributed by atoms with E-state index in [0.717, 1.165) is 18.9 Å². The first kappa shape index (κ1) is 18.2. The molecule has 4 nitrogen and oxygen atoms in total. The first-order valence-corrected chi connectivity index (χ1v) is 8.48. The van der Waals surface area contributed by atoms with Gasteiger partial charge in [-0.2, -0.15) is 8.78 Å². The number of carbonyl (C=O) groups is 1. The van der Waals surface area contributed by atoms with E-state index in [-0.39, 0.29) is 5.91 Å². The van der Waals surface area contributed by atoms with Crippen molar-refractivity contribution in [2.45, 2.75) is 24.5 Å². The normalized spacial score (nSPS) is 10.7. The van der Waals surface area contributed by atoms with Crippen LogP contribution >= 0.6 is 11.8 Å². The number of pyridine rings is 1. The molecule has 1 N–H and O–H groups in total. The zero-order valence-corrected chi connectivity index (χ0v) is 14.3. The highest BCUT2D eigenvalue weighted by Gasteiger charge is 2.09. The number of aromatic nitrogens is 1. The Balaban J connectivity index is 2.01. The molecule has 0 fully saturated rings. The summed E-state index contributed by atoms with van der Waals surface area (Å²) in [6.07, 6.45) is 1.60. The number of nitrogens with one attached hydrogen (secondary N) is 1. The molecule has 1 heterocycles. The Labute approximate surface area is 144 Å². The lowest BCUT2D eigenvalue weighted by Crippen LogP contribution is -2.22. The van der Waals surface area contributed by atoms with E-state index in [9.17, 15) is 13.6 Å². The third-order valence-corrected chi connectivity index (χ3v) is 4.16. The van der Waals surface area contributed by atoms with E-state index in [1.165, 1.54) is 24.3 Å². The minimum Gasteiger partial charge on any atom is -0.357 e. The van der Waals surface area contributed by atoms with Crippen molar-refractivity contribution in [2.75, 3.05) is 23.3 Å². The highest BCUT2D eigenvalue weighted by atomic mass is 32.2. The summed E-state index contributed by atoms with van der Waals surface area (Å²) in [6, 6.07) is 9.71. The number of alkyl halides is 2. The second-order valence-electron chi connectivity index (χ2n) is 4.93. The van der Waals surface area contributed by atoms with Gasteiger partial charge in [-0.3, -0.25) is 4.79 Å². The molecule has 0 radical (unpaired) electrons. The van der Waals surface area contributed by atoms with Crippen LogP contribution in [-0.4, -0.2) is 29.7 Å². The second kappa shape index (κ2) is 8.63. The molecule has 0 atom stereocenters. The lowest BCUT2D eigenvalue weighted by Gasteiger charge is -2.19. The maximum absolute atomic E-state index is 12.3. The van der Waals surface area contributed by atoms with Gasteiger partial charge in [-0.25, -0.2) is 4.98 Å². The number of hydrogen-bond acceptors (Lipinski definition) is 4. The Hall–Kier alpha value is -2.15. The maximum Gasteiger partial charge on any atom is 0.288 e. The fourth-order valence-corrected chi connectivity index (χ4v) is 2.68. The van der Waals surface area contributed by atoms with Gasteiger partial charge in [0.25, 0.3) is 11.7 Å². The van der Waals surface area contributed by atoms with Crippen LogP contribution in [-0.2, 0) is 0 Å². The van der Waals surface area contributed by atoms with Gasteiger partial charge in [0.15, 0.2) is 0 Å². The third-order valence-electron chi connectivity index (χ3n) is 3.43.